The molecule has 0 aliphatic carbocycles. The molecule has 1 heteroatoms. The van der Waals surface area contributed by atoms with Crippen LogP contribution in [0.2, 0.25) is 0 Å². The summed E-state index contributed by atoms with van der Waals surface area (Å²) in [5.74, 6) is 0. The van der Waals surface area contributed by atoms with Crippen molar-refractivity contribution >= 4 is 6.29 Å². The molecule has 0 aromatic rings. The van der Waals surface area contributed by atoms with E-state index < -0.39 is 0 Å². The smallest absolute Gasteiger partial charge is 0.149 e. The van der Waals surface area contributed by atoms with Gasteiger partial charge in [0.2, 0.25) is 0 Å². The molecular formula is C7H10O. The van der Waals surface area contributed by atoms with Crippen LogP contribution in [-0.4, -0.2) is 6.29 Å². The Morgan fingerprint density at radius 1 is 1.38 bits per heavy atom. The Kier molecular flexibility index (Phi) is 3.85. The summed E-state index contributed by atoms with van der Waals surface area (Å²) in [6.45, 7) is 3.72. The van der Waals surface area contributed by atoms with Crippen LogP contribution in [0.15, 0.2) is 23.8 Å². The second kappa shape index (κ2) is 4.31. The summed E-state index contributed by atoms with van der Waals surface area (Å²) in [4.78, 5) is 10.0. The molecule has 0 saturated carbocycles. The molecule has 0 aromatic carbocycles. The van der Waals surface area contributed by atoms with Crippen molar-refractivity contribution in [2.45, 2.75) is 13.8 Å². The third kappa shape index (κ3) is 2.35. The Balaban J connectivity index is 3.91. The lowest BCUT2D eigenvalue weighted by molar-refractivity contribution is -0.104. The van der Waals surface area contributed by atoms with Gasteiger partial charge in [0.1, 0.15) is 6.29 Å². The maximum Gasteiger partial charge on any atom is 0.149 e. The van der Waals surface area contributed by atoms with Gasteiger partial charge in [-0.3, -0.25) is 4.79 Å². The fourth-order valence-corrected chi connectivity index (χ4v) is 0.396. The lowest BCUT2D eigenvalue weighted by Crippen LogP contribution is -1.74. The van der Waals surface area contributed by atoms with Crippen molar-refractivity contribution in [1.82, 2.24) is 0 Å². The maximum absolute atomic E-state index is 10.0. The molecule has 0 fully saturated rings. The number of carbonyl (C=O) groups excluding carboxylic acids is 1. The van der Waals surface area contributed by atoms with Crippen molar-refractivity contribution in [2.75, 3.05) is 0 Å². The predicted molar refractivity (Wildman–Crippen MR) is 34.6 cm³/mol. The summed E-state index contributed by atoms with van der Waals surface area (Å²) in [6, 6.07) is 0. The van der Waals surface area contributed by atoms with Gasteiger partial charge in [0.25, 0.3) is 0 Å². The zero-order valence-corrected chi connectivity index (χ0v) is 5.22. The van der Waals surface area contributed by atoms with E-state index in [2.05, 4.69) is 0 Å². The minimum atomic E-state index is 0.729. The molecule has 0 aliphatic rings. The summed E-state index contributed by atoms with van der Waals surface area (Å²) in [6.07, 6.45) is 6.21. The van der Waals surface area contributed by atoms with E-state index in [1.807, 2.05) is 19.9 Å². The molecule has 0 aliphatic heterocycles. The minimum Gasteiger partial charge on any atom is -0.298 e. The number of hydrogen-bond donors (Lipinski definition) is 0. The Morgan fingerprint density at radius 2 is 2.00 bits per heavy atom. The van der Waals surface area contributed by atoms with E-state index in [1.54, 1.807) is 12.2 Å². The summed E-state index contributed by atoms with van der Waals surface area (Å²) in [7, 11) is 0. The molecule has 0 radical (unpaired) electrons. The van der Waals surface area contributed by atoms with Gasteiger partial charge in [-0.2, -0.15) is 0 Å². The van der Waals surface area contributed by atoms with Gasteiger partial charge in [-0.1, -0.05) is 18.2 Å². The molecular weight excluding hydrogens is 100 g/mol. The largest absolute Gasteiger partial charge is 0.298 e. The van der Waals surface area contributed by atoms with E-state index in [0.29, 0.717) is 0 Å². The van der Waals surface area contributed by atoms with Gasteiger partial charge in [0, 0.05) is 5.57 Å². The molecule has 0 amide bonds. The van der Waals surface area contributed by atoms with Gasteiger partial charge in [0.05, 0.1) is 0 Å². The summed E-state index contributed by atoms with van der Waals surface area (Å²) in [5, 5.41) is 0. The molecule has 0 spiro atoms. The van der Waals surface area contributed by atoms with Crippen molar-refractivity contribution in [2.24, 2.45) is 0 Å². The third-order valence-electron chi connectivity index (χ3n) is 0.829. The van der Waals surface area contributed by atoms with Crippen LogP contribution in [0.3, 0.4) is 0 Å². The van der Waals surface area contributed by atoms with Crippen LogP contribution in [0.1, 0.15) is 13.8 Å². The highest BCUT2D eigenvalue weighted by molar-refractivity contribution is 5.77. The highest BCUT2D eigenvalue weighted by Crippen LogP contribution is 1.89. The average Bonchev–Trinajstić information content (AvgIpc) is 1.83. The Labute approximate surface area is 49.7 Å². The molecule has 0 heterocycles. The molecule has 0 bridgehead atoms. The van der Waals surface area contributed by atoms with Crippen molar-refractivity contribution in [1.29, 1.82) is 0 Å². The Morgan fingerprint density at radius 3 is 2.12 bits per heavy atom. The van der Waals surface area contributed by atoms with Crippen LogP contribution in [0, 0.1) is 0 Å². The normalized spacial score (nSPS) is 12.5. The highest BCUT2D eigenvalue weighted by Gasteiger charge is 1.79. The lowest BCUT2D eigenvalue weighted by Gasteiger charge is -1.80. The first-order valence-corrected chi connectivity index (χ1v) is 2.59. The molecule has 1 nitrogen and oxygen atoms in total. The fraction of sp³-hybridized carbons (Fsp3) is 0.286. The van der Waals surface area contributed by atoms with Gasteiger partial charge in [0.15, 0.2) is 0 Å². The first-order chi connectivity index (χ1) is 3.85. The Hall–Kier alpha value is -0.850. The zero-order chi connectivity index (χ0) is 6.41. The molecule has 0 N–H and O–H groups in total. The molecule has 0 rings (SSSR count). The first kappa shape index (κ1) is 7.15. The Bertz CT molecular complexity index is 120. The van der Waals surface area contributed by atoms with Crippen molar-refractivity contribution in [3.8, 4) is 0 Å². The fourth-order valence-electron chi connectivity index (χ4n) is 0.396. The number of hydrogen-bond acceptors (Lipinski definition) is 1. The second-order valence-corrected chi connectivity index (χ2v) is 1.41. The minimum absolute atomic E-state index is 0.729. The third-order valence-corrected chi connectivity index (χ3v) is 0.829. The van der Waals surface area contributed by atoms with Crippen LogP contribution in [0.5, 0.6) is 0 Å². The van der Waals surface area contributed by atoms with E-state index in [-0.39, 0.29) is 0 Å². The standard InChI is InChI=1S/C7H10O/c1-3-5-7(4-2)6-8/h3-6H,1-2H3/b5-3+,7-4+. The number of aldehydes is 1. The van der Waals surface area contributed by atoms with E-state index in [9.17, 15) is 4.79 Å². The van der Waals surface area contributed by atoms with E-state index >= 15 is 0 Å². The van der Waals surface area contributed by atoms with Gasteiger partial charge < -0.3 is 0 Å². The van der Waals surface area contributed by atoms with Gasteiger partial charge >= 0.3 is 0 Å². The molecule has 0 saturated heterocycles. The maximum atomic E-state index is 10.0. The van der Waals surface area contributed by atoms with Crippen molar-refractivity contribution < 1.29 is 4.79 Å². The van der Waals surface area contributed by atoms with E-state index in [0.717, 1.165) is 11.9 Å². The van der Waals surface area contributed by atoms with Crippen LogP contribution >= 0.6 is 0 Å². The first-order valence-electron chi connectivity index (χ1n) is 2.59. The van der Waals surface area contributed by atoms with Crippen LogP contribution in [-0.2, 0) is 4.79 Å². The quantitative estimate of drug-likeness (QED) is 0.300. The molecule has 44 valence electrons. The van der Waals surface area contributed by atoms with Gasteiger partial charge in [-0.25, -0.2) is 0 Å². The number of carbonyl (C=O) groups is 1. The van der Waals surface area contributed by atoms with Crippen molar-refractivity contribution in [3.63, 3.8) is 0 Å². The topological polar surface area (TPSA) is 17.1 Å². The predicted octanol–water partition coefficient (Wildman–Crippen LogP) is 1.71. The summed E-state index contributed by atoms with van der Waals surface area (Å²) >= 11 is 0. The SMILES string of the molecule is C/C=C/C(C=O)=C\C. The summed E-state index contributed by atoms with van der Waals surface area (Å²) in [5.41, 5.74) is 0.729. The van der Waals surface area contributed by atoms with Gasteiger partial charge in [-0.05, 0) is 13.8 Å². The lowest BCUT2D eigenvalue weighted by atomic mass is 10.3. The van der Waals surface area contributed by atoms with Crippen LogP contribution < -0.4 is 0 Å². The molecule has 8 heavy (non-hydrogen) atoms. The van der Waals surface area contributed by atoms with Crippen LogP contribution in [0.25, 0.3) is 0 Å². The number of allylic oxidation sites excluding steroid dienone is 4. The van der Waals surface area contributed by atoms with E-state index in [4.69, 9.17) is 0 Å². The van der Waals surface area contributed by atoms with Crippen molar-refractivity contribution in [3.05, 3.63) is 23.8 Å². The van der Waals surface area contributed by atoms with Crippen LogP contribution in [0.4, 0.5) is 0 Å². The zero-order valence-electron chi connectivity index (χ0n) is 5.22. The summed E-state index contributed by atoms with van der Waals surface area (Å²) < 4.78 is 0. The monoisotopic (exact) mass is 110 g/mol. The average molecular weight is 110 g/mol. The number of rotatable bonds is 2. The molecule has 0 aromatic heterocycles. The van der Waals surface area contributed by atoms with Gasteiger partial charge in [-0.15, -0.1) is 0 Å². The highest BCUT2D eigenvalue weighted by atomic mass is 16.1. The second-order valence-electron chi connectivity index (χ2n) is 1.41. The molecule has 0 atom stereocenters. The van der Waals surface area contributed by atoms with E-state index in [1.165, 1.54) is 0 Å². The molecule has 0 unspecified atom stereocenters.